The summed E-state index contributed by atoms with van der Waals surface area (Å²) in [6.45, 7) is 0.669. The SMILES string of the molecule is COc1ccc(-n2c(SCC(=O)N3CCCc4ccccc43)nnc2-c2cn(S(=O)(=O)c3ccccc3)c3ccccc23)cc1. The average molecular weight is 636 g/mol. The fourth-order valence-electron chi connectivity index (χ4n) is 5.73. The first-order valence-electron chi connectivity index (χ1n) is 14.5. The molecule has 0 bridgehead atoms. The van der Waals surface area contributed by atoms with Crippen molar-refractivity contribution in [2.24, 2.45) is 0 Å². The topological polar surface area (TPSA) is 99.3 Å². The van der Waals surface area contributed by atoms with Crippen LogP contribution in [-0.4, -0.2) is 52.5 Å². The molecule has 0 spiro atoms. The van der Waals surface area contributed by atoms with Gasteiger partial charge < -0.3 is 9.64 Å². The van der Waals surface area contributed by atoms with Gasteiger partial charge in [-0.2, -0.15) is 0 Å². The number of nitrogens with zero attached hydrogens (tertiary/aromatic N) is 5. The Balaban J connectivity index is 1.31. The largest absolute Gasteiger partial charge is 0.497 e. The zero-order chi connectivity index (χ0) is 31.0. The van der Waals surface area contributed by atoms with E-state index in [2.05, 4.69) is 16.3 Å². The zero-order valence-corrected chi connectivity index (χ0v) is 26.0. The van der Waals surface area contributed by atoms with E-state index in [1.165, 1.54) is 21.3 Å². The van der Waals surface area contributed by atoms with Crippen LogP contribution >= 0.6 is 11.8 Å². The van der Waals surface area contributed by atoms with Crippen LogP contribution in [0.3, 0.4) is 0 Å². The highest BCUT2D eigenvalue weighted by Crippen LogP contribution is 2.36. The number of ether oxygens (including phenoxy) is 1. The van der Waals surface area contributed by atoms with Crippen molar-refractivity contribution in [1.82, 2.24) is 18.7 Å². The van der Waals surface area contributed by atoms with Gasteiger partial charge in [0.25, 0.3) is 10.0 Å². The molecule has 1 aliphatic rings. The second-order valence-electron chi connectivity index (χ2n) is 10.6. The molecule has 226 valence electrons. The van der Waals surface area contributed by atoms with Crippen molar-refractivity contribution in [3.63, 3.8) is 0 Å². The average Bonchev–Trinajstić information content (AvgIpc) is 3.69. The zero-order valence-electron chi connectivity index (χ0n) is 24.4. The van der Waals surface area contributed by atoms with E-state index in [0.717, 1.165) is 24.2 Å². The Morgan fingerprint density at radius 3 is 2.42 bits per heavy atom. The molecule has 9 nitrogen and oxygen atoms in total. The van der Waals surface area contributed by atoms with Gasteiger partial charge >= 0.3 is 0 Å². The van der Waals surface area contributed by atoms with Crippen LogP contribution in [-0.2, 0) is 21.2 Å². The van der Waals surface area contributed by atoms with Crippen LogP contribution in [0, 0.1) is 0 Å². The van der Waals surface area contributed by atoms with Gasteiger partial charge in [-0.25, -0.2) is 12.4 Å². The van der Waals surface area contributed by atoms with Gasteiger partial charge in [-0.3, -0.25) is 9.36 Å². The molecule has 4 aromatic carbocycles. The second kappa shape index (κ2) is 11.9. The van der Waals surface area contributed by atoms with Gasteiger partial charge in [-0.15, -0.1) is 10.2 Å². The lowest BCUT2D eigenvalue weighted by molar-refractivity contribution is -0.116. The van der Waals surface area contributed by atoms with Gasteiger partial charge in [0.05, 0.1) is 23.3 Å². The number of fused-ring (bicyclic) bond motifs is 2. The van der Waals surface area contributed by atoms with Crippen molar-refractivity contribution in [2.45, 2.75) is 22.9 Å². The molecule has 0 atom stereocenters. The lowest BCUT2D eigenvalue weighted by Gasteiger charge is -2.29. The van der Waals surface area contributed by atoms with Gasteiger partial charge in [0.15, 0.2) is 11.0 Å². The molecule has 7 rings (SSSR count). The molecule has 0 aliphatic carbocycles. The number of aromatic nitrogens is 4. The minimum Gasteiger partial charge on any atom is -0.497 e. The molecule has 0 saturated heterocycles. The number of rotatable bonds is 8. The van der Waals surface area contributed by atoms with Crippen LogP contribution in [0.25, 0.3) is 28.0 Å². The molecule has 6 aromatic rings. The molecule has 45 heavy (non-hydrogen) atoms. The normalized spacial score (nSPS) is 13.1. The maximum atomic E-state index is 13.8. The maximum Gasteiger partial charge on any atom is 0.268 e. The van der Waals surface area contributed by atoms with E-state index in [0.29, 0.717) is 39.7 Å². The molecular formula is C34H29N5O4S2. The van der Waals surface area contributed by atoms with Crippen molar-refractivity contribution in [2.75, 3.05) is 24.3 Å². The standard InChI is InChI=1S/C34H29N5O4S2/c1-43-26-19-17-25(18-20-26)39-33(35-36-34(39)44-23-32(40)37-21-9-11-24-10-5-7-15-30(24)37)29-22-38(31-16-8-6-14-28(29)31)45(41,42)27-12-3-2-4-13-27/h2-8,10,12-20,22H,9,11,21,23H2,1H3. The number of carbonyl (C=O) groups excluding carboxylic acids is 1. The third-order valence-corrected chi connectivity index (χ3v) is 10.5. The van der Waals surface area contributed by atoms with Gasteiger partial charge in [0.2, 0.25) is 5.91 Å². The van der Waals surface area contributed by atoms with Crippen LogP contribution in [0.15, 0.2) is 119 Å². The fraction of sp³-hybridized carbons (Fsp3) is 0.147. The monoisotopic (exact) mass is 635 g/mol. The van der Waals surface area contributed by atoms with E-state index in [1.807, 2.05) is 70.1 Å². The predicted molar refractivity (Wildman–Crippen MR) is 176 cm³/mol. The molecule has 3 heterocycles. The summed E-state index contributed by atoms with van der Waals surface area (Å²) in [4.78, 5) is 15.6. The number of amides is 1. The van der Waals surface area contributed by atoms with Crippen LogP contribution in [0.1, 0.15) is 12.0 Å². The van der Waals surface area contributed by atoms with E-state index < -0.39 is 10.0 Å². The minimum atomic E-state index is -3.90. The first-order valence-corrected chi connectivity index (χ1v) is 16.9. The molecule has 0 N–H and O–H groups in total. The number of hydrogen-bond acceptors (Lipinski definition) is 7. The van der Waals surface area contributed by atoms with E-state index >= 15 is 0 Å². The summed E-state index contributed by atoms with van der Waals surface area (Å²) in [6.07, 6.45) is 3.46. The number of methoxy groups -OCH3 is 1. The van der Waals surface area contributed by atoms with Crippen LogP contribution in [0.4, 0.5) is 5.69 Å². The number of anilines is 1. The van der Waals surface area contributed by atoms with E-state index in [-0.39, 0.29) is 16.6 Å². The number of para-hydroxylation sites is 2. The summed E-state index contributed by atoms with van der Waals surface area (Å²) < 4.78 is 36.1. The molecule has 2 aromatic heterocycles. The molecule has 11 heteroatoms. The number of carbonyl (C=O) groups is 1. The molecule has 1 amide bonds. The summed E-state index contributed by atoms with van der Waals surface area (Å²) in [5.41, 5.74) is 3.99. The Kier molecular flexibility index (Phi) is 7.64. The number of thioether (sulfide) groups is 1. The highest BCUT2D eigenvalue weighted by atomic mass is 32.2. The van der Waals surface area contributed by atoms with Gasteiger partial charge in [-0.1, -0.05) is 66.4 Å². The summed E-state index contributed by atoms with van der Waals surface area (Å²) in [7, 11) is -2.30. The second-order valence-corrected chi connectivity index (χ2v) is 13.3. The summed E-state index contributed by atoms with van der Waals surface area (Å²) in [5, 5.41) is 10.3. The maximum absolute atomic E-state index is 13.8. The summed E-state index contributed by atoms with van der Waals surface area (Å²) in [6, 6.07) is 31.1. The van der Waals surface area contributed by atoms with E-state index in [4.69, 9.17) is 4.74 Å². The third-order valence-electron chi connectivity index (χ3n) is 7.92. The number of hydrogen-bond donors (Lipinski definition) is 0. The molecule has 0 saturated carbocycles. The van der Waals surface area contributed by atoms with Crippen LogP contribution in [0.2, 0.25) is 0 Å². The van der Waals surface area contributed by atoms with E-state index in [9.17, 15) is 13.2 Å². The van der Waals surface area contributed by atoms with E-state index in [1.54, 1.807) is 49.7 Å². The van der Waals surface area contributed by atoms with Gasteiger partial charge in [-0.05, 0) is 66.9 Å². The third kappa shape index (κ3) is 5.27. The minimum absolute atomic E-state index is 0.0106. The van der Waals surface area contributed by atoms with Crippen molar-refractivity contribution < 1.29 is 17.9 Å². The molecule has 0 unspecified atom stereocenters. The first kappa shape index (κ1) is 28.9. The fourth-order valence-corrected chi connectivity index (χ4v) is 7.95. The lowest BCUT2D eigenvalue weighted by atomic mass is 10.0. The Morgan fingerprint density at radius 2 is 1.62 bits per heavy atom. The highest BCUT2D eigenvalue weighted by Gasteiger charge is 2.27. The lowest BCUT2D eigenvalue weighted by Crippen LogP contribution is -2.36. The Hall–Kier alpha value is -4.87. The van der Waals surface area contributed by atoms with Gasteiger partial charge in [0.1, 0.15) is 5.75 Å². The van der Waals surface area contributed by atoms with Gasteiger partial charge in [0, 0.05) is 35.1 Å². The van der Waals surface area contributed by atoms with Crippen molar-refractivity contribution in [1.29, 1.82) is 0 Å². The Morgan fingerprint density at radius 1 is 0.889 bits per heavy atom. The summed E-state index contributed by atoms with van der Waals surface area (Å²) >= 11 is 1.30. The molecule has 0 radical (unpaired) electrons. The first-order chi connectivity index (χ1) is 22.0. The van der Waals surface area contributed by atoms with Crippen LogP contribution < -0.4 is 9.64 Å². The van der Waals surface area contributed by atoms with Crippen molar-refractivity contribution in [3.05, 3.63) is 115 Å². The summed E-state index contributed by atoms with van der Waals surface area (Å²) in [5.74, 6) is 1.29. The number of benzene rings is 4. The molecular weight excluding hydrogens is 607 g/mol. The molecule has 0 fully saturated rings. The Bertz CT molecular complexity index is 2120. The van der Waals surface area contributed by atoms with Crippen molar-refractivity contribution >= 4 is 44.3 Å². The Labute approximate surface area is 265 Å². The number of aryl methyl sites for hydroxylation is 1. The predicted octanol–water partition coefficient (Wildman–Crippen LogP) is 6.21. The van der Waals surface area contributed by atoms with Crippen LogP contribution in [0.5, 0.6) is 5.75 Å². The molecule has 1 aliphatic heterocycles. The smallest absolute Gasteiger partial charge is 0.268 e. The van der Waals surface area contributed by atoms with Crippen molar-refractivity contribution in [3.8, 4) is 22.8 Å². The quantitative estimate of drug-likeness (QED) is 0.184. The highest BCUT2D eigenvalue weighted by molar-refractivity contribution is 7.99.